The minimum Gasteiger partial charge on any atom is -0.353 e. The minimum absolute atomic E-state index is 0.00780. The van der Waals surface area contributed by atoms with Gasteiger partial charge in [0.1, 0.15) is 0 Å². The van der Waals surface area contributed by atoms with E-state index in [0.29, 0.717) is 19.3 Å². The van der Waals surface area contributed by atoms with E-state index in [2.05, 4.69) is 29.3 Å². The van der Waals surface area contributed by atoms with Crippen molar-refractivity contribution in [2.24, 2.45) is 5.92 Å². The molecule has 2 aromatic carbocycles. The second-order valence-corrected chi connectivity index (χ2v) is 7.06. The maximum atomic E-state index is 12.4. The van der Waals surface area contributed by atoms with Gasteiger partial charge in [-0.2, -0.15) is 0 Å². The molecule has 27 heavy (non-hydrogen) atoms. The molecule has 2 unspecified atom stereocenters. The van der Waals surface area contributed by atoms with E-state index in [0.717, 1.165) is 24.1 Å². The van der Waals surface area contributed by atoms with E-state index in [-0.39, 0.29) is 23.8 Å². The van der Waals surface area contributed by atoms with Crippen LogP contribution in [0.4, 0.5) is 5.69 Å². The molecule has 2 N–H and O–H groups in total. The molecule has 1 aliphatic heterocycles. The van der Waals surface area contributed by atoms with Gasteiger partial charge >= 0.3 is 0 Å². The quantitative estimate of drug-likeness (QED) is 0.700. The Morgan fingerprint density at radius 1 is 1.19 bits per heavy atom. The standard InChI is InChI=1S/C23H26N2O2/c1-2-8-20(15-17-9-4-3-5-10-17)24-22(26)14-13-19-16-18-11-6-7-12-21(18)25-23(19)27/h2-7,9-12,19-20H,1,8,13-16H2,(H,24,26)(H,25,27). The zero-order valence-electron chi connectivity index (χ0n) is 15.5. The highest BCUT2D eigenvalue weighted by Gasteiger charge is 2.26. The van der Waals surface area contributed by atoms with E-state index in [4.69, 9.17) is 0 Å². The topological polar surface area (TPSA) is 58.2 Å². The van der Waals surface area contributed by atoms with Crippen molar-refractivity contribution in [3.8, 4) is 0 Å². The summed E-state index contributed by atoms with van der Waals surface area (Å²) in [5.41, 5.74) is 3.21. The van der Waals surface area contributed by atoms with Crippen LogP contribution in [0, 0.1) is 5.92 Å². The van der Waals surface area contributed by atoms with E-state index >= 15 is 0 Å². The van der Waals surface area contributed by atoms with Crippen LogP contribution in [-0.4, -0.2) is 17.9 Å². The molecule has 4 heteroatoms. The predicted molar refractivity (Wildman–Crippen MR) is 108 cm³/mol. The summed E-state index contributed by atoms with van der Waals surface area (Å²) in [5.74, 6) is -0.157. The molecule has 0 aliphatic carbocycles. The van der Waals surface area contributed by atoms with Gasteiger partial charge in [0.15, 0.2) is 0 Å². The number of benzene rings is 2. The molecule has 1 heterocycles. The summed E-state index contributed by atoms with van der Waals surface area (Å²) in [4.78, 5) is 24.7. The Labute approximate surface area is 160 Å². The monoisotopic (exact) mass is 362 g/mol. The van der Waals surface area contributed by atoms with Gasteiger partial charge in [0, 0.05) is 24.1 Å². The highest BCUT2D eigenvalue weighted by molar-refractivity contribution is 5.96. The average Bonchev–Trinajstić information content (AvgIpc) is 2.67. The van der Waals surface area contributed by atoms with Gasteiger partial charge in [-0.15, -0.1) is 6.58 Å². The molecule has 2 amide bonds. The Bertz CT molecular complexity index is 801. The Balaban J connectivity index is 1.52. The molecule has 4 nitrogen and oxygen atoms in total. The Kier molecular flexibility index (Phi) is 6.42. The lowest BCUT2D eigenvalue weighted by atomic mass is 9.89. The van der Waals surface area contributed by atoms with Crippen LogP contribution in [-0.2, 0) is 22.4 Å². The molecule has 1 aliphatic rings. The molecule has 2 atom stereocenters. The number of carbonyl (C=O) groups is 2. The molecular weight excluding hydrogens is 336 g/mol. The highest BCUT2D eigenvalue weighted by Crippen LogP contribution is 2.27. The molecule has 140 valence electrons. The SMILES string of the molecule is C=CCC(Cc1ccccc1)NC(=O)CCC1Cc2ccccc2NC1=O. The van der Waals surface area contributed by atoms with Crippen molar-refractivity contribution < 1.29 is 9.59 Å². The summed E-state index contributed by atoms with van der Waals surface area (Å²) >= 11 is 0. The fourth-order valence-corrected chi connectivity index (χ4v) is 3.54. The zero-order chi connectivity index (χ0) is 19.1. The third-order valence-corrected chi connectivity index (χ3v) is 4.97. The molecule has 3 rings (SSSR count). The van der Waals surface area contributed by atoms with Crippen molar-refractivity contribution in [2.45, 2.75) is 38.1 Å². The molecule has 0 fully saturated rings. The van der Waals surface area contributed by atoms with Crippen molar-refractivity contribution >= 4 is 17.5 Å². The van der Waals surface area contributed by atoms with Crippen LogP contribution in [0.25, 0.3) is 0 Å². The van der Waals surface area contributed by atoms with E-state index in [9.17, 15) is 9.59 Å². The third-order valence-electron chi connectivity index (χ3n) is 4.97. The third kappa shape index (κ3) is 5.30. The first-order chi connectivity index (χ1) is 13.2. The Morgan fingerprint density at radius 2 is 1.93 bits per heavy atom. The van der Waals surface area contributed by atoms with Crippen molar-refractivity contribution in [3.05, 3.63) is 78.4 Å². The Morgan fingerprint density at radius 3 is 2.70 bits per heavy atom. The van der Waals surface area contributed by atoms with Crippen molar-refractivity contribution in [3.63, 3.8) is 0 Å². The zero-order valence-corrected chi connectivity index (χ0v) is 15.5. The number of hydrogen-bond acceptors (Lipinski definition) is 2. The second kappa shape index (κ2) is 9.17. The first-order valence-electron chi connectivity index (χ1n) is 9.48. The van der Waals surface area contributed by atoms with Gasteiger partial charge in [-0.05, 0) is 42.9 Å². The highest BCUT2D eigenvalue weighted by atomic mass is 16.2. The van der Waals surface area contributed by atoms with Crippen molar-refractivity contribution in [1.82, 2.24) is 5.32 Å². The molecule has 0 bridgehead atoms. The van der Waals surface area contributed by atoms with Crippen molar-refractivity contribution in [2.75, 3.05) is 5.32 Å². The molecule has 0 spiro atoms. The molecule has 0 aromatic heterocycles. The summed E-state index contributed by atoms with van der Waals surface area (Å²) in [6.45, 7) is 3.80. The lowest BCUT2D eigenvalue weighted by Gasteiger charge is -2.24. The summed E-state index contributed by atoms with van der Waals surface area (Å²) < 4.78 is 0. The number of hydrogen-bond donors (Lipinski definition) is 2. The van der Waals surface area contributed by atoms with Crippen LogP contribution >= 0.6 is 0 Å². The summed E-state index contributed by atoms with van der Waals surface area (Å²) in [7, 11) is 0. The fraction of sp³-hybridized carbons (Fsp3) is 0.304. The number of carbonyl (C=O) groups excluding carboxylic acids is 2. The van der Waals surface area contributed by atoms with Gasteiger partial charge in [-0.1, -0.05) is 54.6 Å². The van der Waals surface area contributed by atoms with Gasteiger partial charge in [0.05, 0.1) is 0 Å². The van der Waals surface area contributed by atoms with E-state index in [1.807, 2.05) is 48.5 Å². The van der Waals surface area contributed by atoms with E-state index in [1.165, 1.54) is 5.56 Å². The second-order valence-electron chi connectivity index (χ2n) is 7.06. The molecule has 0 saturated carbocycles. The maximum absolute atomic E-state index is 12.4. The largest absolute Gasteiger partial charge is 0.353 e. The smallest absolute Gasteiger partial charge is 0.227 e. The molecular formula is C23H26N2O2. The van der Waals surface area contributed by atoms with Crippen LogP contribution in [0.2, 0.25) is 0 Å². The van der Waals surface area contributed by atoms with Gasteiger partial charge < -0.3 is 10.6 Å². The number of rotatable bonds is 8. The number of amides is 2. The van der Waals surface area contributed by atoms with Gasteiger partial charge in [-0.3, -0.25) is 9.59 Å². The summed E-state index contributed by atoms with van der Waals surface area (Å²) in [6.07, 6.45) is 4.92. The normalized spacial score (nSPS) is 16.7. The average molecular weight is 362 g/mol. The lowest BCUT2D eigenvalue weighted by Crippen LogP contribution is -2.37. The lowest BCUT2D eigenvalue weighted by molar-refractivity contribution is -0.123. The maximum Gasteiger partial charge on any atom is 0.227 e. The summed E-state index contributed by atoms with van der Waals surface area (Å²) in [6, 6.07) is 18.0. The molecule has 0 saturated heterocycles. The van der Waals surface area contributed by atoms with Crippen LogP contribution in [0.1, 0.15) is 30.4 Å². The van der Waals surface area contributed by atoms with Gasteiger partial charge in [0.2, 0.25) is 11.8 Å². The van der Waals surface area contributed by atoms with Crippen molar-refractivity contribution in [1.29, 1.82) is 0 Å². The molecule has 0 radical (unpaired) electrons. The summed E-state index contributed by atoms with van der Waals surface area (Å²) in [5, 5.41) is 6.04. The first kappa shape index (κ1) is 18.9. The van der Waals surface area contributed by atoms with Gasteiger partial charge in [0.25, 0.3) is 0 Å². The first-order valence-corrected chi connectivity index (χ1v) is 9.48. The van der Waals surface area contributed by atoms with Crippen LogP contribution < -0.4 is 10.6 Å². The number of anilines is 1. The minimum atomic E-state index is -0.155. The van der Waals surface area contributed by atoms with E-state index < -0.39 is 0 Å². The predicted octanol–water partition coefficient (Wildman–Crippen LogP) is 3.88. The number of nitrogens with one attached hydrogen (secondary N) is 2. The fourth-order valence-electron chi connectivity index (χ4n) is 3.54. The Hall–Kier alpha value is -2.88. The number of fused-ring (bicyclic) bond motifs is 1. The number of para-hydroxylation sites is 1. The van der Waals surface area contributed by atoms with Gasteiger partial charge in [-0.25, -0.2) is 0 Å². The van der Waals surface area contributed by atoms with Crippen LogP contribution in [0.3, 0.4) is 0 Å². The van der Waals surface area contributed by atoms with Crippen LogP contribution in [0.15, 0.2) is 67.3 Å². The molecule has 2 aromatic rings. The van der Waals surface area contributed by atoms with E-state index in [1.54, 1.807) is 0 Å². The van der Waals surface area contributed by atoms with Crippen LogP contribution in [0.5, 0.6) is 0 Å².